The molecule has 3 saturated heterocycles. The number of amides is 1. The molecule has 6 nitrogen and oxygen atoms in total. The number of carbonyl (C=O) groups excluding carboxylic acids is 1. The Morgan fingerprint density at radius 2 is 1.77 bits per heavy atom. The lowest BCUT2D eigenvalue weighted by Crippen LogP contribution is -2.53. The third-order valence-electron chi connectivity index (χ3n) is 7.85. The van der Waals surface area contributed by atoms with Crippen molar-refractivity contribution in [3.8, 4) is 0 Å². The Balaban J connectivity index is 1.59. The highest BCUT2D eigenvalue weighted by atomic mass is 32.2. The third kappa shape index (κ3) is 3.72. The molecular weight excluding hydrogens is 410 g/mol. The van der Waals surface area contributed by atoms with Crippen molar-refractivity contribution in [2.45, 2.75) is 51.9 Å². The van der Waals surface area contributed by atoms with E-state index in [4.69, 9.17) is 0 Å². The highest BCUT2D eigenvalue weighted by molar-refractivity contribution is 7.89. The summed E-state index contributed by atoms with van der Waals surface area (Å²) in [5.41, 5.74) is 0.475. The summed E-state index contributed by atoms with van der Waals surface area (Å²) in [5.74, 6) is 0.851. The van der Waals surface area contributed by atoms with Gasteiger partial charge in [0, 0.05) is 51.2 Å². The zero-order valence-electron chi connectivity index (χ0n) is 19.4. The molecule has 31 heavy (non-hydrogen) atoms. The van der Waals surface area contributed by atoms with Crippen LogP contribution in [0.15, 0.2) is 29.2 Å². The molecule has 3 aliphatic heterocycles. The summed E-state index contributed by atoms with van der Waals surface area (Å²) >= 11 is 0. The number of sulfonamides is 1. The van der Waals surface area contributed by atoms with Crippen LogP contribution in [0.3, 0.4) is 0 Å². The molecule has 7 heteroatoms. The summed E-state index contributed by atoms with van der Waals surface area (Å²) in [6.07, 6.45) is 2.42. The zero-order valence-corrected chi connectivity index (χ0v) is 20.2. The number of benzene rings is 1. The molecular formula is C24H37N3O3S. The van der Waals surface area contributed by atoms with E-state index in [0.717, 1.165) is 57.5 Å². The summed E-state index contributed by atoms with van der Waals surface area (Å²) in [5, 5.41) is 0. The minimum atomic E-state index is -3.50. The van der Waals surface area contributed by atoms with E-state index in [9.17, 15) is 13.2 Å². The fourth-order valence-corrected chi connectivity index (χ4v) is 7.87. The predicted molar refractivity (Wildman–Crippen MR) is 122 cm³/mol. The number of nitrogens with zero attached hydrogens (tertiary/aromatic N) is 3. The molecule has 3 aliphatic rings. The number of rotatable bonds is 5. The molecule has 4 rings (SSSR count). The molecule has 1 aromatic carbocycles. The van der Waals surface area contributed by atoms with Crippen LogP contribution in [0.4, 0.5) is 0 Å². The van der Waals surface area contributed by atoms with E-state index in [-0.39, 0.29) is 10.8 Å². The van der Waals surface area contributed by atoms with Crippen LogP contribution in [-0.4, -0.2) is 74.2 Å². The van der Waals surface area contributed by atoms with Gasteiger partial charge < -0.3 is 9.80 Å². The zero-order chi connectivity index (χ0) is 22.4. The van der Waals surface area contributed by atoms with Gasteiger partial charge >= 0.3 is 0 Å². The van der Waals surface area contributed by atoms with Gasteiger partial charge in [-0.05, 0) is 56.7 Å². The van der Waals surface area contributed by atoms with Crippen LogP contribution in [0, 0.1) is 23.7 Å². The lowest BCUT2D eigenvalue weighted by Gasteiger charge is -2.46. The fraction of sp³-hybridized carbons (Fsp3) is 0.708. The molecule has 0 saturated carbocycles. The van der Waals surface area contributed by atoms with Crippen LogP contribution in [0.2, 0.25) is 0 Å². The van der Waals surface area contributed by atoms with Gasteiger partial charge in [0.1, 0.15) is 0 Å². The van der Waals surface area contributed by atoms with Gasteiger partial charge in [0.15, 0.2) is 0 Å². The predicted octanol–water partition coefficient (Wildman–Crippen LogP) is 2.98. The Morgan fingerprint density at radius 1 is 1.06 bits per heavy atom. The van der Waals surface area contributed by atoms with Gasteiger partial charge in [-0.15, -0.1) is 0 Å². The van der Waals surface area contributed by atoms with E-state index in [0.29, 0.717) is 29.8 Å². The number of hydrogen-bond donors (Lipinski definition) is 0. The summed E-state index contributed by atoms with van der Waals surface area (Å²) in [7, 11) is -3.50. The summed E-state index contributed by atoms with van der Waals surface area (Å²) in [4.78, 5) is 18.4. The smallest absolute Gasteiger partial charge is 0.243 e. The first kappa shape index (κ1) is 22.7. The SMILES string of the molecule is CCN1CCC2(CN(CC(C)C)CC23CCN(S(=O)(=O)c2cccc(C)c2)CC3)C1=O. The molecule has 1 atom stereocenters. The maximum atomic E-state index is 13.6. The van der Waals surface area contributed by atoms with Crippen molar-refractivity contribution in [1.29, 1.82) is 0 Å². The third-order valence-corrected chi connectivity index (χ3v) is 9.75. The van der Waals surface area contributed by atoms with Crippen molar-refractivity contribution >= 4 is 15.9 Å². The highest BCUT2D eigenvalue weighted by Gasteiger charge is 2.65. The largest absolute Gasteiger partial charge is 0.342 e. The van der Waals surface area contributed by atoms with E-state index < -0.39 is 10.0 Å². The van der Waals surface area contributed by atoms with Gasteiger partial charge in [0.25, 0.3) is 0 Å². The topological polar surface area (TPSA) is 60.9 Å². The lowest BCUT2D eigenvalue weighted by atomic mass is 9.60. The van der Waals surface area contributed by atoms with E-state index in [2.05, 4.69) is 25.7 Å². The number of carbonyl (C=O) groups is 1. The van der Waals surface area contributed by atoms with E-state index in [1.807, 2.05) is 17.9 Å². The van der Waals surface area contributed by atoms with Crippen molar-refractivity contribution < 1.29 is 13.2 Å². The summed E-state index contributed by atoms with van der Waals surface area (Å²) in [6, 6.07) is 7.16. The number of hydrogen-bond acceptors (Lipinski definition) is 4. The summed E-state index contributed by atoms with van der Waals surface area (Å²) < 4.78 is 28.2. The average molecular weight is 448 g/mol. The number of piperidine rings is 1. The molecule has 1 aromatic rings. The van der Waals surface area contributed by atoms with Crippen molar-refractivity contribution in [2.24, 2.45) is 16.7 Å². The molecule has 172 valence electrons. The standard InChI is InChI=1S/C24H37N3O3S/c1-5-26-12-11-24(22(26)28)18-25(16-19(2)3)17-23(24)9-13-27(14-10-23)31(29,30)21-8-6-7-20(4)15-21/h6-8,15,19H,5,9-14,16-18H2,1-4H3. The fourth-order valence-electron chi connectivity index (χ4n) is 6.32. The van der Waals surface area contributed by atoms with Crippen molar-refractivity contribution in [3.05, 3.63) is 29.8 Å². The van der Waals surface area contributed by atoms with E-state index in [1.165, 1.54) is 0 Å². The number of fused-ring (bicyclic) bond motifs is 1. The number of likely N-dealkylation sites (tertiary alicyclic amines) is 2. The molecule has 0 bridgehead atoms. The van der Waals surface area contributed by atoms with Gasteiger partial charge in [0.2, 0.25) is 15.9 Å². The highest BCUT2D eigenvalue weighted by Crippen LogP contribution is 2.58. The molecule has 0 N–H and O–H groups in total. The van der Waals surface area contributed by atoms with Crippen LogP contribution in [0.25, 0.3) is 0 Å². The molecule has 0 aromatic heterocycles. The van der Waals surface area contributed by atoms with Crippen molar-refractivity contribution in [1.82, 2.24) is 14.1 Å². The first-order chi connectivity index (χ1) is 14.6. The van der Waals surface area contributed by atoms with Crippen LogP contribution in [-0.2, 0) is 14.8 Å². The van der Waals surface area contributed by atoms with Crippen molar-refractivity contribution in [3.63, 3.8) is 0 Å². The molecule has 0 aliphatic carbocycles. The first-order valence-electron chi connectivity index (χ1n) is 11.7. The molecule has 1 unspecified atom stereocenters. The Labute approximate surface area is 187 Å². The molecule has 2 spiro atoms. The van der Waals surface area contributed by atoms with Crippen LogP contribution >= 0.6 is 0 Å². The maximum absolute atomic E-state index is 13.6. The Hall–Kier alpha value is -1.44. The minimum Gasteiger partial charge on any atom is -0.342 e. The quantitative estimate of drug-likeness (QED) is 0.696. The van der Waals surface area contributed by atoms with Crippen LogP contribution in [0.5, 0.6) is 0 Å². The molecule has 0 radical (unpaired) electrons. The lowest BCUT2D eigenvalue weighted by molar-refractivity contribution is -0.141. The molecule has 1 amide bonds. The maximum Gasteiger partial charge on any atom is 0.243 e. The van der Waals surface area contributed by atoms with Gasteiger partial charge in [-0.2, -0.15) is 4.31 Å². The Morgan fingerprint density at radius 3 is 2.35 bits per heavy atom. The van der Waals surface area contributed by atoms with Gasteiger partial charge in [-0.1, -0.05) is 26.0 Å². The second-order valence-corrected chi connectivity index (χ2v) is 12.2. The second-order valence-electron chi connectivity index (χ2n) is 10.3. The minimum absolute atomic E-state index is 0.123. The van der Waals surface area contributed by atoms with E-state index >= 15 is 0 Å². The normalized spacial score (nSPS) is 27.3. The number of aryl methyl sites for hydroxylation is 1. The van der Waals surface area contributed by atoms with E-state index in [1.54, 1.807) is 22.5 Å². The molecule has 3 fully saturated rings. The second kappa shape index (κ2) is 8.16. The van der Waals surface area contributed by atoms with Gasteiger partial charge in [-0.25, -0.2) is 8.42 Å². The monoisotopic (exact) mass is 447 g/mol. The van der Waals surface area contributed by atoms with Crippen molar-refractivity contribution in [2.75, 3.05) is 45.8 Å². The van der Waals surface area contributed by atoms with Gasteiger partial charge in [-0.3, -0.25) is 4.79 Å². The van der Waals surface area contributed by atoms with Crippen LogP contribution in [0.1, 0.15) is 45.6 Å². The Kier molecular flexibility index (Phi) is 5.99. The summed E-state index contributed by atoms with van der Waals surface area (Å²) in [6.45, 7) is 13.7. The van der Waals surface area contributed by atoms with Crippen LogP contribution < -0.4 is 0 Å². The Bertz CT molecular complexity index is 937. The van der Waals surface area contributed by atoms with Gasteiger partial charge in [0.05, 0.1) is 10.3 Å². The molecule has 3 heterocycles. The average Bonchev–Trinajstić information content (AvgIpc) is 3.19. The first-order valence-corrected chi connectivity index (χ1v) is 13.2.